The minimum Gasteiger partial charge on any atom is -0.423 e. The van der Waals surface area contributed by atoms with Crippen LogP contribution in [0.25, 0.3) is 0 Å². The van der Waals surface area contributed by atoms with Crippen molar-refractivity contribution < 1.29 is 14.1 Å². The first kappa shape index (κ1) is 12.9. The summed E-state index contributed by atoms with van der Waals surface area (Å²) in [5, 5.41) is 20.8. The van der Waals surface area contributed by atoms with Gasteiger partial charge < -0.3 is 9.68 Å². The Kier molecular flexibility index (Phi) is 3.86. The number of nitriles is 1. The lowest BCUT2D eigenvalue weighted by Gasteiger charge is -2.05. The number of rotatable bonds is 1. The number of hydrogen-bond donors (Lipinski definition) is 2. The first-order valence-electron chi connectivity index (χ1n) is 5.05. The van der Waals surface area contributed by atoms with Crippen LogP contribution in [-0.4, -0.2) is 23.6 Å². The highest BCUT2D eigenvalue weighted by molar-refractivity contribution is 8.13. The maximum atomic E-state index is 13.4. The molecule has 1 aliphatic rings. The SMILES string of the molecule is CSC(=Nc1cc(F)cc2c1COB2O)NC#N. The predicted molar refractivity (Wildman–Crippen MR) is 68.2 cm³/mol. The average Bonchev–Trinajstić information content (AvgIpc) is 2.71. The molecular formula is C10H9BFN3O2S. The molecule has 1 aliphatic heterocycles. The molecule has 0 aliphatic carbocycles. The zero-order valence-electron chi connectivity index (χ0n) is 9.48. The average molecular weight is 265 g/mol. The van der Waals surface area contributed by atoms with Crippen molar-refractivity contribution in [2.45, 2.75) is 6.61 Å². The van der Waals surface area contributed by atoms with Crippen molar-refractivity contribution in [1.82, 2.24) is 5.32 Å². The van der Waals surface area contributed by atoms with Gasteiger partial charge in [-0.3, -0.25) is 5.32 Å². The van der Waals surface area contributed by atoms with Crippen LogP contribution in [0.5, 0.6) is 0 Å². The first-order valence-corrected chi connectivity index (χ1v) is 6.28. The Morgan fingerprint density at radius 3 is 3.17 bits per heavy atom. The highest BCUT2D eigenvalue weighted by atomic mass is 32.2. The molecule has 2 rings (SSSR count). The van der Waals surface area contributed by atoms with Crippen LogP contribution >= 0.6 is 11.8 Å². The van der Waals surface area contributed by atoms with Crippen molar-refractivity contribution in [3.05, 3.63) is 23.5 Å². The summed E-state index contributed by atoms with van der Waals surface area (Å²) in [6.07, 6.45) is 3.50. The van der Waals surface area contributed by atoms with Gasteiger partial charge >= 0.3 is 7.12 Å². The highest BCUT2D eigenvalue weighted by Gasteiger charge is 2.30. The summed E-state index contributed by atoms with van der Waals surface area (Å²) in [6.45, 7) is 0.170. The molecule has 8 heteroatoms. The number of fused-ring (bicyclic) bond motifs is 1. The molecule has 1 aromatic rings. The second-order valence-electron chi connectivity index (χ2n) is 3.51. The summed E-state index contributed by atoms with van der Waals surface area (Å²) in [6, 6.07) is 2.47. The van der Waals surface area contributed by atoms with Crippen molar-refractivity contribution in [3.63, 3.8) is 0 Å². The summed E-state index contributed by atoms with van der Waals surface area (Å²) >= 11 is 1.23. The summed E-state index contributed by atoms with van der Waals surface area (Å²) in [7, 11) is -1.12. The normalized spacial score (nSPS) is 14.3. The van der Waals surface area contributed by atoms with Crippen LogP contribution in [0.15, 0.2) is 17.1 Å². The number of halogens is 1. The van der Waals surface area contributed by atoms with E-state index < -0.39 is 12.9 Å². The van der Waals surface area contributed by atoms with Crippen LogP contribution in [0.3, 0.4) is 0 Å². The van der Waals surface area contributed by atoms with E-state index in [9.17, 15) is 9.41 Å². The van der Waals surface area contributed by atoms with E-state index in [1.807, 2.05) is 0 Å². The predicted octanol–water partition coefficient (Wildman–Crippen LogP) is 0.465. The molecule has 0 aromatic heterocycles. The molecule has 2 N–H and O–H groups in total. The van der Waals surface area contributed by atoms with Gasteiger partial charge in [0.2, 0.25) is 0 Å². The van der Waals surface area contributed by atoms with Gasteiger partial charge in [0.1, 0.15) is 5.82 Å². The maximum Gasteiger partial charge on any atom is 0.491 e. The van der Waals surface area contributed by atoms with E-state index in [-0.39, 0.29) is 6.61 Å². The Morgan fingerprint density at radius 2 is 2.50 bits per heavy atom. The van der Waals surface area contributed by atoms with E-state index in [4.69, 9.17) is 9.92 Å². The molecule has 0 radical (unpaired) electrons. The third kappa shape index (κ3) is 2.48. The molecule has 0 fully saturated rings. The summed E-state index contributed by atoms with van der Waals surface area (Å²) in [5.41, 5.74) is 1.37. The van der Waals surface area contributed by atoms with Gasteiger partial charge in [0, 0.05) is 5.56 Å². The molecule has 0 saturated carbocycles. The standard InChI is InChI=1S/C10H9BFN3O2S/c1-18-10(14-5-13)15-9-3-6(12)2-8-7(9)4-17-11(8)16/h2-3,16H,4H2,1H3,(H,14,15). The van der Waals surface area contributed by atoms with Crippen LogP contribution in [0.1, 0.15) is 5.56 Å². The number of amidine groups is 1. The molecular weight excluding hydrogens is 256 g/mol. The first-order chi connectivity index (χ1) is 8.65. The van der Waals surface area contributed by atoms with Crippen molar-refractivity contribution in [2.75, 3.05) is 6.26 Å². The fourth-order valence-corrected chi connectivity index (χ4v) is 1.99. The van der Waals surface area contributed by atoms with E-state index in [0.29, 0.717) is 21.9 Å². The monoisotopic (exact) mass is 265 g/mol. The van der Waals surface area contributed by atoms with Crippen LogP contribution in [0, 0.1) is 17.3 Å². The van der Waals surface area contributed by atoms with Gasteiger partial charge in [-0.05, 0) is 23.9 Å². The van der Waals surface area contributed by atoms with Crippen molar-refractivity contribution in [2.24, 2.45) is 4.99 Å². The lowest BCUT2D eigenvalue weighted by atomic mass is 9.79. The fraction of sp³-hybridized carbons (Fsp3) is 0.200. The molecule has 1 heterocycles. The summed E-state index contributed by atoms with van der Waals surface area (Å²) in [5.74, 6) is -0.505. The molecule has 18 heavy (non-hydrogen) atoms. The molecule has 0 amide bonds. The second kappa shape index (κ2) is 5.39. The van der Waals surface area contributed by atoms with Gasteiger partial charge in [-0.25, -0.2) is 9.38 Å². The maximum absolute atomic E-state index is 13.4. The molecule has 92 valence electrons. The molecule has 1 aromatic carbocycles. The zero-order valence-corrected chi connectivity index (χ0v) is 10.3. The lowest BCUT2D eigenvalue weighted by Crippen LogP contribution is -2.28. The van der Waals surface area contributed by atoms with E-state index >= 15 is 0 Å². The third-order valence-corrected chi connectivity index (χ3v) is 3.04. The van der Waals surface area contributed by atoms with Crippen molar-refractivity contribution in [1.29, 1.82) is 5.26 Å². The number of hydrogen-bond acceptors (Lipinski definition) is 5. The van der Waals surface area contributed by atoms with Crippen LogP contribution in [0.4, 0.5) is 10.1 Å². The second-order valence-corrected chi connectivity index (χ2v) is 4.31. The van der Waals surface area contributed by atoms with Gasteiger partial charge in [-0.1, -0.05) is 11.8 Å². The fourth-order valence-electron chi connectivity index (χ4n) is 1.65. The minimum atomic E-state index is -1.12. The largest absolute Gasteiger partial charge is 0.491 e. The number of benzene rings is 1. The Morgan fingerprint density at radius 1 is 1.72 bits per heavy atom. The quantitative estimate of drug-likeness (QED) is 0.254. The summed E-state index contributed by atoms with van der Waals surface area (Å²) < 4.78 is 18.4. The van der Waals surface area contributed by atoms with E-state index in [2.05, 4.69) is 10.3 Å². The Balaban J connectivity index is 2.46. The van der Waals surface area contributed by atoms with Gasteiger partial charge in [0.05, 0.1) is 12.3 Å². The zero-order chi connectivity index (χ0) is 13.1. The van der Waals surface area contributed by atoms with Crippen LogP contribution in [-0.2, 0) is 11.3 Å². The molecule has 0 bridgehead atoms. The number of thioether (sulfide) groups is 1. The molecule has 0 unspecified atom stereocenters. The number of nitrogens with zero attached hydrogens (tertiary/aromatic N) is 2. The van der Waals surface area contributed by atoms with Crippen molar-refractivity contribution in [3.8, 4) is 6.19 Å². The van der Waals surface area contributed by atoms with Gasteiger partial charge in [0.15, 0.2) is 11.4 Å². The summed E-state index contributed by atoms with van der Waals surface area (Å²) in [4.78, 5) is 4.15. The molecule has 0 spiro atoms. The van der Waals surface area contributed by atoms with Crippen LogP contribution in [0.2, 0.25) is 0 Å². The number of aliphatic imine (C=N–C) groups is 1. The Bertz CT molecular complexity index is 547. The highest BCUT2D eigenvalue weighted by Crippen LogP contribution is 2.25. The lowest BCUT2D eigenvalue weighted by molar-refractivity contribution is 0.275. The van der Waals surface area contributed by atoms with E-state index in [1.54, 1.807) is 12.4 Å². The van der Waals surface area contributed by atoms with E-state index in [1.165, 1.54) is 23.9 Å². The van der Waals surface area contributed by atoms with Crippen LogP contribution < -0.4 is 10.8 Å². The van der Waals surface area contributed by atoms with Crippen molar-refractivity contribution >= 4 is 35.2 Å². The molecule has 5 nitrogen and oxygen atoms in total. The molecule has 0 saturated heterocycles. The van der Waals surface area contributed by atoms with E-state index in [0.717, 1.165) is 0 Å². The smallest absolute Gasteiger partial charge is 0.423 e. The third-order valence-electron chi connectivity index (χ3n) is 2.46. The Labute approximate surface area is 108 Å². The van der Waals surface area contributed by atoms with Gasteiger partial charge in [-0.2, -0.15) is 5.26 Å². The number of nitrogens with one attached hydrogen (secondary N) is 1. The van der Waals surface area contributed by atoms with Gasteiger partial charge in [-0.15, -0.1) is 0 Å². The minimum absolute atomic E-state index is 0.170. The Hall–Kier alpha value is -1.56. The topological polar surface area (TPSA) is 77.6 Å². The molecule has 0 atom stereocenters. The van der Waals surface area contributed by atoms with Gasteiger partial charge in [0.25, 0.3) is 0 Å².